The van der Waals surface area contributed by atoms with Crippen molar-refractivity contribution in [2.24, 2.45) is 5.92 Å². The van der Waals surface area contributed by atoms with Gasteiger partial charge < -0.3 is 0 Å². The van der Waals surface area contributed by atoms with Crippen molar-refractivity contribution in [3.05, 3.63) is 64.3 Å². The van der Waals surface area contributed by atoms with Crippen LogP contribution in [-0.2, 0) is 29.4 Å². The van der Waals surface area contributed by atoms with Crippen LogP contribution in [0.2, 0.25) is 0 Å². The Morgan fingerprint density at radius 2 is 1.80 bits per heavy atom. The number of rotatable bonds is 6. The predicted octanol–water partition coefficient (Wildman–Crippen LogP) is 2.72. The largest absolute Gasteiger partial charge is 0.297 e. The Labute approximate surface area is 177 Å². The Balaban J connectivity index is 1.56. The molecular weight excluding hydrogens is 400 g/mol. The van der Waals surface area contributed by atoms with Crippen LogP contribution in [0.15, 0.2) is 52.3 Å². The molecule has 3 heterocycles. The van der Waals surface area contributed by atoms with E-state index in [-0.39, 0.29) is 10.5 Å². The van der Waals surface area contributed by atoms with Crippen LogP contribution in [0.4, 0.5) is 0 Å². The molecule has 0 bridgehead atoms. The topological polar surface area (TPSA) is 76.7 Å². The summed E-state index contributed by atoms with van der Waals surface area (Å²) in [5.74, 6) is 1.16. The van der Waals surface area contributed by atoms with E-state index in [0.29, 0.717) is 43.3 Å². The van der Waals surface area contributed by atoms with Gasteiger partial charge in [0.15, 0.2) is 0 Å². The molecule has 8 heteroatoms. The van der Waals surface area contributed by atoms with Crippen molar-refractivity contribution in [1.29, 1.82) is 0 Å². The van der Waals surface area contributed by atoms with Gasteiger partial charge in [0.1, 0.15) is 16.2 Å². The molecule has 1 aliphatic rings. The molecule has 1 aromatic carbocycles. The van der Waals surface area contributed by atoms with Crippen molar-refractivity contribution in [2.45, 2.75) is 51.0 Å². The molecule has 7 nitrogen and oxygen atoms in total. The molecule has 4 rings (SSSR count). The van der Waals surface area contributed by atoms with Gasteiger partial charge >= 0.3 is 0 Å². The predicted molar refractivity (Wildman–Crippen MR) is 116 cm³/mol. The van der Waals surface area contributed by atoms with E-state index in [1.807, 2.05) is 32.0 Å². The summed E-state index contributed by atoms with van der Waals surface area (Å²) in [4.78, 5) is 12.8. The van der Waals surface area contributed by atoms with Crippen molar-refractivity contribution in [1.82, 2.24) is 18.5 Å². The van der Waals surface area contributed by atoms with Gasteiger partial charge in [-0.1, -0.05) is 37.3 Å². The fourth-order valence-electron chi connectivity index (χ4n) is 4.23. The summed E-state index contributed by atoms with van der Waals surface area (Å²) in [5.41, 5.74) is 1.39. The average molecular weight is 429 g/mol. The molecule has 0 amide bonds. The highest BCUT2D eigenvalue weighted by Crippen LogP contribution is 2.27. The Bertz CT molecular complexity index is 1190. The number of hydrogen-bond donors (Lipinski definition) is 0. The van der Waals surface area contributed by atoms with Gasteiger partial charge in [0, 0.05) is 32.3 Å². The molecule has 0 radical (unpaired) electrons. The van der Waals surface area contributed by atoms with E-state index in [0.717, 1.165) is 19.3 Å². The van der Waals surface area contributed by atoms with Gasteiger partial charge in [-0.3, -0.25) is 9.20 Å². The van der Waals surface area contributed by atoms with Crippen LogP contribution >= 0.6 is 0 Å². The van der Waals surface area contributed by atoms with Crippen LogP contribution in [0.5, 0.6) is 0 Å². The molecule has 1 aliphatic heterocycles. The zero-order valence-electron chi connectivity index (χ0n) is 17.5. The number of hydrogen-bond acceptors (Lipinski definition) is 4. The van der Waals surface area contributed by atoms with Crippen molar-refractivity contribution in [2.75, 3.05) is 13.1 Å². The third-order valence-electron chi connectivity index (χ3n) is 5.96. The number of piperidine rings is 1. The average Bonchev–Trinajstić information content (AvgIpc) is 3.22. The Morgan fingerprint density at radius 3 is 2.43 bits per heavy atom. The SMILES string of the molecule is CCc1nn(CC)c(=O)c2cc(S(=O)(=O)N3CCC(Cc4ccccc4)CC3)cn12. The third-order valence-corrected chi connectivity index (χ3v) is 7.82. The number of sulfonamides is 1. The first-order valence-corrected chi connectivity index (χ1v) is 12.0. The minimum atomic E-state index is -3.64. The minimum Gasteiger partial charge on any atom is -0.297 e. The number of fused-ring (bicyclic) bond motifs is 1. The highest BCUT2D eigenvalue weighted by molar-refractivity contribution is 7.89. The van der Waals surface area contributed by atoms with Gasteiger partial charge in [-0.2, -0.15) is 9.40 Å². The smallest absolute Gasteiger partial charge is 0.291 e. The van der Waals surface area contributed by atoms with Gasteiger partial charge in [0.05, 0.1) is 0 Å². The molecule has 0 saturated carbocycles. The number of aryl methyl sites for hydroxylation is 2. The van der Waals surface area contributed by atoms with E-state index in [4.69, 9.17) is 0 Å². The van der Waals surface area contributed by atoms with E-state index in [1.54, 1.807) is 14.9 Å². The highest BCUT2D eigenvalue weighted by atomic mass is 32.2. The molecule has 2 aromatic heterocycles. The molecule has 1 saturated heterocycles. The van der Waals surface area contributed by atoms with E-state index in [2.05, 4.69) is 17.2 Å². The van der Waals surface area contributed by atoms with E-state index < -0.39 is 10.0 Å². The molecule has 0 N–H and O–H groups in total. The summed E-state index contributed by atoms with van der Waals surface area (Å²) in [6.45, 7) is 5.25. The first kappa shape index (κ1) is 20.8. The molecule has 3 aromatic rings. The van der Waals surface area contributed by atoms with Gasteiger partial charge in [0.2, 0.25) is 10.0 Å². The normalized spacial score (nSPS) is 16.3. The summed E-state index contributed by atoms with van der Waals surface area (Å²) in [5, 5.41) is 4.35. The first-order chi connectivity index (χ1) is 14.4. The fraction of sp³-hybridized carbons (Fsp3) is 0.455. The summed E-state index contributed by atoms with van der Waals surface area (Å²) in [6, 6.07) is 11.8. The number of aromatic nitrogens is 3. The molecule has 1 fully saturated rings. The Kier molecular flexibility index (Phi) is 5.79. The molecule has 0 aliphatic carbocycles. The zero-order valence-corrected chi connectivity index (χ0v) is 18.3. The summed E-state index contributed by atoms with van der Waals surface area (Å²) < 4.78 is 31.1. The van der Waals surface area contributed by atoms with E-state index in [9.17, 15) is 13.2 Å². The second-order valence-corrected chi connectivity index (χ2v) is 9.80. The van der Waals surface area contributed by atoms with Crippen molar-refractivity contribution < 1.29 is 8.42 Å². The number of nitrogens with zero attached hydrogens (tertiary/aromatic N) is 4. The lowest BCUT2D eigenvalue weighted by Crippen LogP contribution is -2.38. The maximum atomic E-state index is 13.3. The van der Waals surface area contributed by atoms with E-state index in [1.165, 1.54) is 16.3 Å². The Morgan fingerprint density at radius 1 is 1.10 bits per heavy atom. The minimum absolute atomic E-state index is 0.173. The van der Waals surface area contributed by atoms with Gasteiger partial charge in [0.25, 0.3) is 5.56 Å². The maximum Gasteiger partial charge on any atom is 0.291 e. The summed E-state index contributed by atoms with van der Waals surface area (Å²) in [6.07, 6.45) is 4.81. The van der Waals surface area contributed by atoms with Crippen LogP contribution in [0.3, 0.4) is 0 Å². The van der Waals surface area contributed by atoms with Gasteiger partial charge in [-0.25, -0.2) is 13.1 Å². The maximum absolute atomic E-state index is 13.3. The quantitative estimate of drug-likeness (QED) is 0.605. The standard InChI is InChI=1S/C22H28N4O3S/c1-3-21-23-26(4-2)22(27)20-15-19(16-25(20)21)30(28,29)24-12-10-18(11-13-24)14-17-8-6-5-7-9-17/h5-9,15-16,18H,3-4,10-14H2,1-2H3. The number of benzene rings is 1. The van der Waals surface area contributed by atoms with Crippen LogP contribution in [0.25, 0.3) is 5.52 Å². The third kappa shape index (κ3) is 3.81. The van der Waals surface area contributed by atoms with Crippen LogP contribution in [-0.4, -0.2) is 40.0 Å². The molecule has 0 spiro atoms. The van der Waals surface area contributed by atoms with Crippen molar-refractivity contribution in [3.63, 3.8) is 0 Å². The van der Waals surface area contributed by atoms with Crippen molar-refractivity contribution in [3.8, 4) is 0 Å². The lowest BCUT2D eigenvalue weighted by molar-refractivity contribution is 0.273. The monoisotopic (exact) mass is 428 g/mol. The van der Waals surface area contributed by atoms with Crippen LogP contribution < -0.4 is 5.56 Å². The molecular formula is C22H28N4O3S. The zero-order chi connectivity index (χ0) is 21.3. The Hall–Kier alpha value is -2.45. The first-order valence-electron chi connectivity index (χ1n) is 10.6. The molecule has 0 atom stereocenters. The lowest BCUT2D eigenvalue weighted by Gasteiger charge is -2.31. The second-order valence-electron chi connectivity index (χ2n) is 7.86. The van der Waals surface area contributed by atoms with Crippen LogP contribution in [0, 0.1) is 5.92 Å². The van der Waals surface area contributed by atoms with Crippen LogP contribution in [0.1, 0.15) is 38.1 Å². The highest BCUT2D eigenvalue weighted by Gasteiger charge is 2.31. The second kappa shape index (κ2) is 8.35. The van der Waals surface area contributed by atoms with E-state index >= 15 is 0 Å². The molecule has 0 unspecified atom stereocenters. The van der Waals surface area contributed by atoms with Crippen molar-refractivity contribution >= 4 is 15.5 Å². The lowest BCUT2D eigenvalue weighted by atomic mass is 9.91. The molecule has 160 valence electrons. The summed E-state index contributed by atoms with van der Waals surface area (Å²) >= 11 is 0. The summed E-state index contributed by atoms with van der Waals surface area (Å²) in [7, 11) is -3.64. The van der Waals surface area contributed by atoms with Gasteiger partial charge in [-0.15, -0.1) is 0 Å². The molecule has 30 heavy (non-hydrogen) atoms. The van der Waals surface area contributed by atoms with Gasteiger partial charge in [-0.05, 0) is 43.7 Å². The fourth-order valence-corrected chi connectivity index (χ4v) is 5.72.